The van der Waals surface area contributed by atoms with Gasteiger partial charge in [-0.25, -0.2) is 4.79 Å². The predicted molar refractivity (Wildman–Crippen MR) is 95.8 cm³/mol. The van der Waals surface area contributed by atoms with Gasteiger partial charge in [0, 0.05) is 18.2 Å². The summed E-state index contributed by atoms with van der Waals surface area (Å²) in [7, 11) is 2.88. The highest BCUT2D eigenvalue weighted by Gasteiger charge is 2.10. The van der Waals surface area contributed by atoms with Gasteiger partial charge >= 0.3 is 5.97 Å². The van der Waals surface area contributed by atoms with Crippen molar-refractivity contribution in [1.82, 2.24) is 0 Å². The molecule has 2 aromatic carbocycles. The number of carbonyl (C=O) groups excluding carboxylic acids is 1. The van der Waals surface area contributed by atoms with E-state index in [-0.39, 0.29) is 23.9 Å². The number of aromatic hydroxyl groups is 1. The third kappa shape index (κ3) is 5.17. The minimum absolute atomic E-state index is 0.0896. The van der Waals surface area contributed by atoms with E-state index < -0.39 is 5.97 Å². The molecule has 0 aromatic heterocycles. The van der Waals surface area contributed by atoms with Crippen LogP contribution in [0.3, 0.4) is 0 Å². The number of rotatable bonds is 7. The van der Waals surface area contributed by atoms with E-state index in [1.54, 1.807) is 18.2 Å². The van der Waals surface area contributed by atoms with Gasteiger partial charge in [-0.1, -0.05) is 12.1 Å². The summed E-state index contributed by atoms with van der Waals surface area (Å²) < 4.78 is 15.3. The van der Waals surface area contributed by atoms with Crippen molar-refractivity contribution < 1.29 is 24.1 Å². The highest BCUT2D eigenvalue weighted by Crippen LogP contribution is 2.37. The number of ether oxygens (including phenoxy) is 3. The Morgan fingerprint density at radius 2 is 1.72 bits per heavy atom. The summed E-state index contributed by atoms with van der Waals surface area (Å²) >= 11 is 0. The number of benzene rings is 2. The second-order valence-electron chi connectivity index (χ2n) is 5.27. The number of hydrogen-bond acceptors (Lipinski definition) is 6. The van der Waals surface area contributed by atoms with Gasteiger partial charge in [-0.05, 0) is 41.5 Å². The number of phenolic OH excluding ortho intramolecular Hbond substituents is 1. The highest BCUT2D eigenvalue weighted by molar-refractivity contribution is 5.87. The van der Waals surface area contributed by atoms with E-state index in [0.717, 1.165) is 5.56 Å². The minimum atomic E-state index is -0.457. The average molecular weight is 343 g/mol. The Morgan fingerprint density at radius 3 is 2.28 bits per heavy atom. The van der Waals surface area contributed by atoms with Gasteiger partial charge in [0.2, 0.25) is 5.75 Å². The zero-order chi connectivity index (χ0) is 18.2. The van der Waals surface area contributed by atoms with Crippen molar-refractivity contribution in [2.45, 2.75) is 6.42 Å². The summed E-state index contributed by atoms with van der Waals surface area (Å²) in [5.41, 5.74) is 8.00. The maximum absolute atomic E-state index is 11.8. The predicted octanol–water partition coefficient (Wildman–Crippen LogP) is 2.79. The molecule has 6 nitrogen and oxygen atoms in total. The molecule has 0 aliphatic rings. The summed E-state index contributed by atoms with van der Waals surface area (Å²) in [4.78, 5) is 11.8. The van der Waals surface area contributed by atoms with Gasteiger partial charge in [-0.3, -0.25) is 0 Å². The Kier molecular flexibility index (Phi) is 6.28. The van der Waals surface area contributed by atoms with Gasteiger partial charge in [0.05, 0.1) is 20.8 Å². The molecule has 0 heterocycles. The molecule has 3 N–H and O–H groups in total. The van der Waals surface area contributed by atoms with E-state index in [0.29, 0.717) is 17.7 Å². The molecule has 0 aliphatic heterocycles. The molecule has 0 spiro atoms. The lowest BCUT2D eigenvalue weighted by Crippen LogP contribution is -2.04. The largest absolute Gasteiger partial charge is 0.502 e. The molecule has 0 unspecified atom stereocenters. The number of methoxy groups -OCH3 is 2. The van der Waals surface area contributed by atoms with E-state index in [1.165, 1.54) is 20.3 Å². The lowest BCUT2D eigenvalue weighted by atomic mass is 10.1. The number of nitrogen functional groups attached to an aromatic ring is 1. The van der Waals surface area contributed by atoms with Crippen LogP contribution in [0.2, 0.25) is 0 Å². The number of phenols is 1. The summed E-state index contributed by atoms with van der Waals surface area (Å²) in [5, 5.41) is 9.86. The smallest absolute Gasteiger partial charge is 0.330 e. The van der Waals surface area contributed by atoms with Crippen LogP contribution >= 0.6 is 0 Å². The van der Waals surface area contributed by atoms with Gasteiger partial charge < -0.3 is 25.1 Å². The Balaban J connectivity index is 1.92. The van der Waals surface area contributed by atoms with Crippen molar-refractivity contribution in [3.8, 4) is 17.2 Å². The fraction of sp³-hybridized carbons (Fsp3) is 0.211. The fourth-order valence-corrected chi connectivity index (χ4v) is 2.18. The molecule has 2 aromatic rings. The van der Waals surface area contributed by atoms with Crippen LogP contribution < -0.4 is 15.2 Å². The zero-order valence-electron chi connectivity index (χ0n) is 14.2. The number of hydrogen-bond donors (Lipinski definition) is 2. The van der Waals surface area contributed by atoms with E-state index in [4.69, 9.17) is 19.9 Å². The molecule has 0 saturated heterocycles. The topological polar surface area (TPSA) is 91.0 Å². The van der Waals surface area contributed by atoms with E-state index >= 15 is 0 Å². The van der Waals surface area contributed by atoms with Crippen molar-refractivity contribution in [1.29, 1.82) is 0 Å². The summed E-state index contributed by atoms with van der Waals surface area (Å²) in [6.07, 6.45) is 3.49. The monoisotopic (exact) mass is 343 g/mol. The molecular formula is C19H21NO5. The Bertz CT molecular complexity index is 728. The highest BCUT2D eigenvalue weighted by atomic mass is 16.5. The molecule has 0 atom stereocenters. The van der Waals surface area contributed by atoms with Gasteiger partial charge in [-0.15, -0.1) is 0 Å². The summed E-state index contributed by atoms with van der Waals surface area (Å²) in [6, 6.07) is 10.6. The van der Waals surface area contributed by atoms with Gasteiger partial charge in [-0.2, -0.15) is 0 Å². The van der Waals surface area contributed by atoms with Crippen LogP contribution in [0.1, 0.15) is 11.1 Å². The number of esters is 1. The first-order valence-corrected chi connectivity index (χ1v) is 7.67. The molecular weight excluding hydrogens is 322 g/mol. The normalized spacial score (nSPS) is 10.6. The molecule has 0 fully saturated rings. The van der Waals surface area contributed by atoms with Crippen molar-refractivity contribution in [2.75, 3.05) is 26.6 Å². The lowest BCUT2D eigenvalue weighted by molar-refractivity contribution is -0.137. The Morgan fingerprint density at radius 1 is 1.12 bits per heavy atom. The fourth-order valence-electron chi connectivity index (χ4n) is 2.18. The summed E-state index contributed by atoms with van der Waals surface area (Å²) in [6.45, 7) is 0.273. The SMILES string of the molecule is COc1cc(/C=C/C(=O)OCCc2ccc(N)cc2)cc(OC)c1O. The van der Waals surface area contributed by atoms with Crippen LogP contribution in [0.5, 0.6) is 17.2 Å². The maximum atomic E-state index is 11.8. The van der Waals surface area contributed by atoms with Crippen LogP contribution in [0.4, 0.5) is 5.69 Å². The van der Waals surface area contributed by atoms with Crippen LogP contribution in [0.25, 0.3) is 6.08 Å². The maximum Gasteiger partial charge on any atom is 0.330 e. The van der Waals surface area contributed by atoms with Crippen LogP contribution in [0, 0.1) is 0 Å². The van der Waals surface area contributed by atoms with Gasteiger partial charge in [0.1, 0.15) is 0 Å². The van der Waals surface area contributed by atoms with Crippen molar-refractivity contribution in [3.05, 3.63) is 53.6 Å². The minimum Gasteiger partial charge on any atom is -0.502 e. The first kappa shape index (κ1) is 18.2. The third-order valence-corrected chi connectivity index (χ3v) is 3.53. The van der Waals surface area contributed by atoms with Gasteiger partial charge in [0.15, 0.2) is 11.5 Å². The zero-order valence-corrected chi connectivity index (χ0v) is 14.2. The van der Waals surface area contributed by atoms with E-state index in [9.17, 15) is 9.90 Å². The second kappa shape index (κ2) is 8.63. The molecule has 6 heteroatoms. The molecule has 0 aliphatic carbocycles. The van der Waals surface area contributed by atoms with Crippen molar-refractivity contribution in [2.24, 2.45) is 0 Å². The van der Waals surface area contributed by atoms with E-state index in [2.05, 4.69) is 0 Å². The molecule has 0 radical (unpaired) electrons. The quantitative estimate of drug-likeness (QED) is 0.456. The molecule has 132 valence electrons. The summed E-state index contributed by atoms with van der Waals surface area (Å²) in [5.74, 6) is -0.0267. The number of anilines is 1. The van der Waals surface area contributed by atoms with Crippen LogP contribution in [-0.4, -0.2) is 31.9 Å². The van der Waals surface area contributed by atoms with Gasteiger partial charge in [0.25, 0.3) is 0 Å². The number of nitrogens with two attached hydrogens (primary N) is 1. The van der Waals surface area contributed by atoms with E-state index in [1.807, 2.05) is 24.3 Å². The van der Waals surface area contributed by atoms with Crippen LogP contribution in [0.15, 0.2) is 42.5 Å². The Hall–Kier alpha value is -3.15. The molecule has 2 rings (SSSR count). The Labute approximate surface area is 146 Å². The molecule has 25 heavy (non-hydrogen) atoms. The molecule has 0 amide bonds. The van der Waals surface area contributed by atoms with Crippen LogP contribution in [-0.2, 0) is 16.0 Å². The van der Waals surface area contributed by atoms with Crippen molar-refractivity contribution >= 4 is 17.7 Å². The molecule has 0 saturated carbocycles. The average Bonchev–Trinajstić information content (AvgIpc) is 2.62. The van der Waals surface area contributed by atoms with Crippen molar-refractivity contribution in [3.63, 3.8) is 0 Å². The third-order valence-electron chi connectivity index (χ3n) is 3.53. The first-order chi connectivity index (χ1) is 12.0. The lowest BCUT2D eigenvalue weighted by Gasteiger charge is -2.09. The first-order valence-electron chi connectivity index (χ1n) is 7.67. The standard InChI is InChI=1S/C19H21NO5/c1-23-16-11-14(12-17(24-2)19(16)22)5-8-18(21)25-10-9-13-3-6-15(20)7-4-13/h3-8,11-12,22H,9-10,20H2,1-2H3/b8-5+. The second-order valence-corrected chi connectivity index (χ2v) is 5.27. The molecule has 0 bridgehead atoms. The number of carbonyl (C=O) groups is 1.